The normalized spacial score (nSPS) is 12.7. The van der Waals surface area contributed by atoms with Gasteiger partial charge in [0.05, 0.1) is 4.90 Å². The maximum absolute atomic E-state index is 12.2. The number of aryl methyl sites for hydroxylation is 1. The van der Waals surface area contributed by atoms with Crippen LogP contribution < -0.4 is 5.49 Å². The standard InChI is InChI=1S/C15H13N3O2S/c1-12-7-9-18-10-8-14(16-15(18)11-12)17-21(19,20)13-5-3-2-4-6-13/h2-11H,1H3/b17-14-. The first-order valence-electron chi connectivity index (χ1n) is 6.36. The van der Waals surface area contributed by atoms with E-state index in [1.165, 1.54) is 12.1 Å². The van der Waals surface area contributed by atoms with Gasteiger partial charge in [0.15, 0.2) is 5.49 Å². The second-order valence-electron chi connectivity index (χ2n) is 4.63. The van der Waals surface area contributed by atoms with E-state index in [1.54, 1.807) is 34.9 Å². The van der Waals surface area contributed by atoms with Crippen LogP contribution >= 0.6 is 0 Å². The maximum Gasteiger partial charge on any atom is 0.284 e. The minimum Gasteiger partial charge on any atom is -0.308 e. The molecule has 0 aliphatic heterocycles. The van der Waals surface area contributed by atoms with Gasteiger partial charge in [-0.1, -0.05) is 18.2 Å². The van der Waals surface area contributed by atoms with Crippen molar-refractivity contribution < 1.29 is 8.42 Å². The molecule has 0 unspecified atom stereocenters. The molecule has 6 heteroatoms. The van der Waals surface area contributed by atoms with E-state index in [9.17, 15) is 8.42 Å². The summed E-state index contributed by atoms with van der Waals surface area (Å²) in [7, 11) is -3.74. The Labute approximate surface area is 122 Å². The summed E-state index contributed by atoms with van der Waals surface area (Å²) < 4.78 is 30.0. The van der Waals surface area contributed by atoms with E-state index in [4.69, 9.17) is 0 Å². The lowest BCUT2D eigenvalue weighted by atomic mass is 10.3. The fourth-order valence-corrected chi connectivity index (χ4v) is 2.89. The zero-order valence-corrected chi connectivity index (χ0v) is 12.2. The first-order valence-corrected chi connectivity index (χ1v) is 7.80. The molecular formula is C15H13N3O2S. The molecule has 0 spiro atoms. The van der Waals surface area contributed by atoms with Gasteiger partial charge in [-0.25, -0.2) is 4.98 Å². The lowest BCUT2D eigenvalue weighted by Crippen LogP contribution is -2.13. The van der Waals surface area contributed by atoms with Crippen molar-refractivity contribution in [1.82, 2.24) is 9.38 Å². The maximum atomic E-state index is 12.2. The SMILES string of the molecule is Cc1ccn2cc/c(=N/S(=O)(=O)c3ccccc3)nc2c1. The lowest BCUT2D eigenvalue weighted by Gasteiger charge is -2.01. The Morgan fingerprint density at radius 1 is 1.05 bits per heavy atom. The highest BCUT2D eigenvalue weighted by Gasteiger charge is 2.11. The Bertz CT molecular complexity index is 961. The van der Waals surface area contributed by atoms with E-state index in [0.29, 0.717) is 5.65 Å². The number of nitrogens with zero attached hydrogens (tertiary/aromatic N) is 3. The van der Waals surface area contributed by atoms with Gasteiger partial charge < -0.3 is 4.40 Å². The van der Waals surface area contributed by atoms with Crippen LogP contribution in [0, 0.1) is 6.92 Å². The molecule has 0 fully saturated rings. The van der Waals surface area contributed by atoms with Crippen molar-refractivity contribution in [3.05, 3.63) is 72.0 Å². The number of aromatic nitrogens is 2. The highest BCUT2D eigenvalue weighted by atomic mass is 32.2. The highest BCUT2D eigenvalue weighted by Crippen LogP contribution is 2.10. The van der Waals surface area contributed by atoms with Gasteiger partial charge in [-0.15, -0.1) is 4.40 Å². The van der Waals surface area contributed by atoms with Crippen molar-refractivity contribution in [3.63, 3.8) is 0 Å². The Hall–Kier alpha value is -2.47. The van der Waals surface area contributed by atoms with Crippen LogP contribution in [-0.4, -0.2) is 17.8 Å². The third kappa shape index (κ3) is 2.85. The third-order valence-electron chi connectivity index (χ3n) is 2.99. The molecule has 0 aliphatic rings. The quantitative estimate of drug-likeness (QED) is 0.726. The molecule has 0 radical (unpaired) electrons. The number of hydrogen-bond acceptors (Lipinski definition) is 3. The van der Waals surface area contributed by atoms with E-state index in [-0.39, 0.29) is 10.4 Å². The summed E-state index contributed by atoms with van der Waals surface area (Å²) in [5.74, 6) is 0. The first kappa shape index (κ1) is 13.5. The molecule has 0 amide bonds. The molecule has 0 aliphatic carbocycles. The van der Waals surface area contributed by atoms with Crippen LogP contribution in [0.2, 0.25) is 0 Å². The zero-order chi connectivity index (χ0) is 14.9. The van der Waals surface area contributed by atoms with E-state index >= 15 is 0 Å². The highest BCUT2D eigenvalue weighted by molar-refractivity contribution is 7.90. The van der Waals surface area contributed by atoms with Gasteiger partial charge in [-0.2, -0.15) is 8.42 Å². The molecule has 2 aromatic heterocycles. The molecule has 5 nitrogen and oxygen atoms in total. The van der Waals surface area contributed by atoms with Gasteiger partial charge in [0.2, 0.25) is 0 Å². The number of sulfonamides is 1. The molecular weight excluding hydrogens is 286 g/mol. The summed E-state index contributed by atoms with van der Waals surface area (Å²) in [5.41, 5.74) is 1.87. The summed E-state index contributed by atoms with van der Waals surface area (Å²) in [6, 6.07) is 13.5. The number of fused-ring (bicyclic) bond motifs is 1. The predicted molar refractivity (Wildman–Crippen MR) is 79.1 cm³/mol. The molecule has 0 saturated carbocycles. The van der Waals surface area contributed by atoms with E-state index in [2.05, 4.69) is 9.38 Å². The summed E-state index contributed by atoms with van der Waals surface area (Å²) in [6.45, 7) is 1.95. The first-order chi connectivity index (χ1) is 10.0. The molecule has 21 heavy (non-hydrogen) atoms. The summed E-state index contributed by atoms with van der Waals surface area (Å²) in [6.07, 6.45) is 3.61. The molecule has 0 N–H and O–H groups in total. The van der Waals surface area contributed by atoms with Crippen LogP contribution in [0.15, 0.2) is 70.2 Å². The van der Waals surface area contributed by atoms with Crippen LogP contribution in [0.3, 0.4) is 0 Å². The minimum atomic E-state index is -3.74. The van der Waals surface area contributed by atoms with Gasteiger partial charge in [-0.05, 0) is 36.8 Å². The molecule has 106 valence electrons. The van der Waals surface area contributed by atoms with Gasteiger partial charge in [0.25, 0.3) is 10.0 Å². The Morgan fingerprint density at radius 2 is 1.76 bits per heavy atom. The predicted octanol–water partition coefficient (Wildman–Crippen LogP) is 1.93. The van der Waals surface area contributed by atoms with Gasteiger partial charge in [-0.3, -0.25) is 0 Å². The number of pyridine rings is 1. The van der Waals surface area contributed by atoms with Crippen LogP contribution in [0.5, 0.6) is 0 Å². The molecule has 2 heterocycles. The number of rotatable bonds is 2. The average Bonchev–Trinajstić information content (AvgIpc) is 2.47. The number of hydrogen-bond donors (Lipinski definition) is 0. The largest absolute Gasteiger partial charge is 0.308 e. The monoisotopic (exact) mass is 299 g/mol. The van der Waals surface area contributed by atoms with Gasteiger partial charge in [0, 0.05) is 18.5 Å². The van der Waals surface area contributed by atoms with Crippen molar-refractivity contribution >= 4 is 15.7 Å². The topological polar surface area (TPSA) is 63.8 Å². The average molecular weight is 299 g/mol. The Morgan fingerprint density at radius 3 is 2.52 bits per heavy atom. The van der Waals surface area contributed by atoms with Gasteiger partial charge in [0.1, 0.15) is 5.65 Å². The summed E-state index contributed by atoms with van der Waals surface area (Å²) >= 11 is 0. The van der Waals surface area contributed by atoms with Crippen molar-refractivity contribution in [1.29, 1.82) is 0 Å². The van der Waals surface area contributed by atoms with E-state index < -0.39 is 10.0 Å². The lowest BCUT2D eigenvalue weighted by molar-refractivity contribution is 0.596. The van der Waals surface area contributed by atoms with Crippen molar-refractivity contribution in [2.75, 3.05) is 0 Å². The smallest absolute Gasteiger partial charge is 0.284 e. The van der Waals surface area contributed by atoms with E-state index in [1.807, 2.05) is 25.3 Å². The Kier molecular flexibility index (Phi) is 3.31. The van der Waals surface area contributed by atoms with Crippen LogP contribution in [0.25, 0.3) is 5.65 Å². The van der Waals surface area contributed by atoms with Gasteiger partial charge >= 0.3 is 0 Å². The second-order valence-corrected chi connectivity index (χ2v) is 6.24. The van der Waals surface area contributed by atoms with Crippen molar-refractivity contribution in [2.24, 2.45) is 4.40 Å². The second kappa shape index (κ2) is 5.14. The fraction of sp³-hybridized carbons (Fsp3) is 0.0667. The van der Waals surface area contributed by atoms with Crippen molar-refractivity contribution in [2.45, 2.75) is 11.8 Å². The molecule has 1 aromatic carbocycles. The fourth-order valence-electron chi connectivity index (χ4n) is 1.94. The van der Waals surface area contributed by atoms with Crippen LogP contribution in [0.1, 0.15) is 5.56 Å². The summed E-state index contributed by atoms with van der Waals surface area (Å²) in [4.78, 5) is 4.42. The van der Waals surface area contributed by atoms with Crippen molar-refractivity contribution in [3.8, 4) is 0 Å². The Balaban J connectivity index is 2.15. The molecule has 0 atom stereocenters. The van der Waals surface area contributed by atoms with E-state index in [0.717, 1.165) is 5.56 Å². The molecule has 0 saturated heterocycles. The van der Waals surface area contributed by atoms with Crippen LogP contribution in [0.4, 0.5) is 0 Å². The molecule has 3 aromatic rings. The van der Waals surface area contributed by atoms with Crippen LogP contribution in [-0.2, 0) is 10.0 Å². The minimum absolute atomic E-state index is 0.156. The third-order valence-corrected chi connectivity index (χ3v) is 4.28. The molecule has 0 bridgehead atoms. The number of benzene rings is 1. The molecule has 3 rings (SSSR count). The zero-order valence-electron chi connectivity index (χ0n) is 11.3. The summed E-state index contributed by atoms with van der Waals surface area (Å²) in [5, 5.41) is 0.